The van der Waals surface area contributed by atoms with E-state index in [-0.39, 0.29) is 11.1 Å². The Hall–Kier alpha value is -4.14. The van der Waals surface area contributed by atoms with Crippen LogP contribution in [-0.4, -0.2) is 0 Å². The van der Waals surface area contributed by atoms with Crippen molar-refractivity contribution in [3.05, 3.63) is 113 Å². The molecule has 0 spiro atoms. The minimum Gasteiger partial charge on any atom is -0.429 e. The lowest BCUT2D eigenvalue weighted by Gasteiger charge is -2.19. The molecule has 0 fully saturated rings. The molecule has 1 nitrogen and oxygen atoms in total. The van der Waals surface area contributed by atoms with Crippen LogP contribution in [0.3, 0.4) is 0 Å². The summed E-state index contributed by atoms with van der Waals surface area (Å²) in [5.74, 6) is -9.36. The first-order valence-corrected chi connectivity index (χ1v) is 11.8. The monoisotopic (exact) mass is 546 g/mol. The number of ether oxygens (including phenoxy) is 1. The van der Waals surface area contributed by atoms with Crippen molar-refractivity contribution in [1.29, 1.82) is 0 Å². The topological polar surface area (TPSA) is 9.23 Å². The van der Waals surface area contributed by atoms with Gasteiger partial charge in [-0.15, -0.1) is 0 Å². The van der Waals surface area contributed by atoms with Crippen LogP contribution < -0.4 is 4.74 Å². The molecule has 0 radical (unpaired) electrons. The van der Waals surface area contributed by atoms with Crippen LogP contribution in [0.1, 0.15) is 24.5 Å². The fourth-order valence-electron chi connectivity index (χ4n) is 4.50. The van der Waals surface area contributed by atoms with Gasteiger partial charge in [0.05, 0.1) is 10.9 Å². The summed E-state index contributed by atoms with van der Waals surface area (Å²) < 4.78 is 119. The van der Waals surface area contributed by atoms with Crippen LogP contribution >= 0.6 is 0 Å². The van der Waals surface area contributed by atoms with Gasteiger partial charge in [0.25, 0.3) is 0 Å². The largest absolute Gasteiger partial charge is 0.429 e. The van der Waals surface area contributed by atoms with E-state index in [9.17, 15) is 26.3 Å². The fourth-order valence-corrected chi connectivity index (χ4v) is 4.50. The molecule has 39 heavy (non-hydrogen) atoms. The Bertz CT molecular complexity index is 1750. The Morgan fingerprint density at radius 2 is 1.36 bits per heavy atom. The van der Waals surface area contributed by atoms with Gasteiger partial charge in [-0.1, -0.05) is 43.7 Å². The van der Waals surface area contributed by atoms with Crippen molar-refractivity contribution >= 4 is 21.5 Å². The molecule has 0 N–H and O–H groups in total. The Labute approximate surface area is 217 Å². The van der Waals surface area contributed by atoms with Crippen molar-refractivity contribution in [2.45, 2.75) is 25.9 Å². The third-order valence-electron chi connectivity index (χ3n) is 6.41. The van der Waals surface area contributed by atoms with E-state index in [0.29, 0.717) is 41.3 Å². The first-order chi connectivity index (χ1) is 18.5. The average Bonchev–Trinajstić information content (AvgIpc) is 2.89. The van der Waals surface area contributed by atoms with E-state index >= 15 is 8.78 Å². The average molecular weight is 546 g/mol. The summed E-state index contributed by atoms with van der Waals surface area (Å²) in [5.41, 5.74) is 0.0133. The molecule has 0 amide bonds. The predicted molar refractivity (Wildman–Crippen MR) is 132 cm³/mol. The van der Waals surface area contributed by atoms with Gasteiger partial charge in [0.2, 0.25) is 0 Å². The van der Waals surface area contributed by atoms with Crippen molar-refractivity contribution in [1.82, 2.24) is 0 Å². The zero-order valence-corrected chi connectivity index (χ0v) is 20.2. The first kappa shape index (κ1) is 26.5. The van der Waals surface area contributed by atoms with E-state index < -0.39 is 63.1 Å². The summed E-state index contributed by atoms with van der Waals surface area (Å²) in [6.45, 7) is 1.85. The van der Waals surface area contributed by atoms with Gasteiger partial charge < -0.3 is 4.74 Å². The highest BCUT2D eigenvalue weighted by molar-refractivity contribution is 5.88. The smallest absolute Gasteiger partial charge is 0.426 e. The van der Waals surface area contributed by atoms with E-state index in [1.807, 2.05) is 6.92 Å². The van der Waals surface area contributed by atoms with Gasteiger partial charge in [-0.05, 0) is 64.0 Å². The standard InChI is InChI=1S/C30H18F8O/c1-2-3-15-7-9-22(27(34)26(15)33)18-5-4-17-11-20(8-6-16(17)10-18)30(37,38)39-21-12-19-13-24(32)28(35)29(36)25(19)23(31)14-21/h4-14H,2-3H2,1H3. The molecular weight excluding hydrogens is 528 g/mol. The summed E-state index contributed by atoms with van der Waals surface area (Å²) in [4.78, 5) is 0. The number of rotatable bonds is 6. The van der Waals surface area contributed by atoms with E-state index in [1.165, 1.54) is 36.4 Å². The number of benzene rings is 5. The molecule has 0 aliphatic carbocycles. The van der Waals surface area contributed by atoms with Gasteiger partial charge in [-0.3, -0.25) is 0 Å². The van der Waals surface area contributed by atoms with Crippen LogP contribution in [0.4, 0.5) is 35.1 Å². The molecule has 5 rings (SSSR count). The molecule has 5 aromatic rings. The number of halogens is 8. The molecule has 0 aromatic heterocycles. The van der Waals surface area contributed by atoms with Crippen molar-refractivity contribution in [2.24, 2.45) is 0 Å². The highest BCUT2D eigenvalue weighted by Crippen LogP contribution is 2.37. The second-order valence-electron chi connectivity index (χ2n) is 9.04. The third-order valence-corrected chi connectivity index (χ3v) is 6.41. The fraction of sp³-hybridized carbons (Fsp3) is 0.133. The molecule has 5 aromatic carbocycles. The van der Waals surface area contributed by atoms with Gasteiger partial charge in [0.15, 0.2) is 29.1 Å². The van der Waals surface area contributed by atoms with Gasteiger partial charge in [-0.2, -0.15) is 8.78 Å². The van der Waals surface area contributed by atoms with E-state index in [2.05, 4.69) is 4.74 Å². The Morgan fingerprint density at radius 3 is 2.10 bits per heavy atom. The van der Waals surface area contributed by atoms with Crippen LogP contribution in [-0.2, 0) is 12.5 Å². The molecule has 200 valence electrons. The highest BCUT2D eigenvalue weighted by Gasteiger charge is 2.35. The molecule has 0 heterocycles. The second kappa shape index (κ2) is 9.87. The predicted octanol–water partition coefficient (Wildman–Crippen LogP) is 9.58. The summed E-state index contributed by atoms with van der Waals surface area (Å²) in [5, 5.41) is -0.626. The maximum Gasteiger partial charge on any atom is 0.426 e. The van der Waals surface area contributed by atoms with Crippen molar-refractivity contribution in [3.63, 3.8) is 0 Å². The highest BCUT2D eigenvalue weighted by atomic mass is 19.3. The van der Waals surface area contributed by atoms with Crippen LogP contribution in [0, 0.1) is 34.9 Å². The number of alkyl halides is 2. The minimum atomic E-state index is -4.01. The lowest BCUT2D eigenvalue weighted by atomic mass is 9.97. The molecule has 0 saturated carbocycles. The lowest BCUT2D eigenvalue weighted by molar-refractivity contribution is -0.185. The van der Waals surface area contributed by atoms with Crippen LogP contribution in [0.5, 0.6) is 5.75 Å². The van der Waals surface area contributed by atoms with Gasteiger partial charge >= 0.3 is 6.11 Å². The lowest BCUT2D eigenvalue weighted by Crippen LogP contribution is -2.22. The van der Waals surface area contributed by atoms with Crippen molar-refractivity contribution < 1.29 is 39.9 Å². The zero-order chi connectivity index (χ0) is 28.1. The number of hydrogen-bond donors (Lipinski definition) is 0. The SMILES string of the molecule is CCCc1ccc(-c2ccc3cc(C(F)(F)Oc4cc(F)c5c(F)c(F)c(F)cc5c4)ccc3c2)c(F)c1F. The molecule has 9 heteroatoms. The quantitative estimate of drug-likeness (QED) is 0.152. The number of aryl methyl sites for hydroxylation is 1. The Morgan fingerprint density at radius 1 is 0.641 bits per heavy atom. The molecule has 0 bridgehead atoms. The third kappa shape index (κ3) is 4.77. The number of hydrogen-bond acceptors (Lipinski definition) is 1. The van der Waals surface area contributed by atoms with Crippen LogP contribution in [0.15, 0.2) is 66.7 Å². The molecular formula is C30H18F8O. The maximum atomic E-state index is 15.0. The van der Waals surface area contributed by atoms with E-state index in [1.54, 1.807) is 0 Å². The second-order valence-corrected chi connectivity index (χ2v) is 9.04. The summed E-state index contributed by atoms with van der Waals surface area (Å²) in [7, 11) is 0. The first-order valence-electron chi connectivity index (χ1n) is 11.8. The summed E-state index contributed by atoms with van der Waals surface area (Å²) >= 11 is 0. The number of fused-ring (bicyclic) bond motifs is 2. The zero-order valence-electron chi connectivity index (χ0n) is 20.2. The Kier molecular flexibility index (Phi) is 6.70. The van der Waals surface area contributed by atoms with E-state index in [0.717, 1.165) is 18.2 Å². The molecule has 0 aliphatic heterocycles. The van der Waals surface area contributed by atoms with Crippen molar-refractivity contribution in [3.8, 4) is 16.9 Å². The van der Waals surface area contributed by atoms with Crippen LogP contribution in [0.2, 0.25) is 0 Å². The van der Waals surface area contributed by atoms with Crippen LogP contribution in [0.25, 0.3) is 32.7 Å². The normalized spacial score (nSPS) is 11.9. The van der Waals surface area contributed by atoms with Crippen molar-refractivity contribution in [2.75, 3.05) is 0 Å². The van der Waals surface area contributed by atoms with Gasteiger partial charge in [0, 0.05) is 11.6 Å². The Balaban J connectivity index is 1.47. The molecule has 0 aliphatic rings. The van der Waals surface area contributed by atoms with Gasteiger partial charge in [0.1, 0.15) is 11.6 Å². The van der Waals surface area contributed by atoms with E-state index in [4.69, 9.17) is 0 Å². The molecule has 0 unspecified atom stereocenters. The molecule has 0 atom stereocenters. The summed E-state index contributed by atoms with van der Waals surface area (Å²) in [6.07, 6.45) is -2.97. The molecule has 0 saturated heterocycles. The minimum absolute atomic E-state index is 0.0260. The maximum absolute atomic E-state index is 15.0. The van der Waals surface area contributed by atoms with Gasteiger partial charge in [-0.25, -0.2) is 26.3 Å². The summed E-state index contributed by atoms with van der Waals surface area (Å²) in [6, 6.07) is 12.6.